The van der Waals surface area contributed by atoms with E-state index < -0.39 is 0 Å². The highest BCUT2D eigenvalue weighted by Crippen LogP contribution is 2.43. The molecule has 1 unspecified atom stereocenters. The standard InChI is InChI=1S/C22H26N2O2.C6H12O/c25-21(10-15-26-16-18-6-2-1-3-7-18)24-13-11-22(12-14-24)17-23-20-9-5-4-8-19(20)22;1-5(2)6(3)4-7/h1-9,23H,10-17H2;4-6H,1-3H3. The van der Waals surface area contributed by atoms with Gasteiger partial charge in [0.2, 0.25) is 5.91 Å². The van der Waals surface area contributed by atoms with E-state index in [4.69, 9.17) is 4.74 Å². The maximum Gasteiger partial charge on any atom is 0.224 e. The van der Waals surface area contributed by atoms with Gasteiger partial charge in [0.1, 0.15) is 6.29 Å². The van der Waals surface area contributed by atoms with Crippen molar-refractivity contribution in [2.45, 2.75) is 52.1 Å². The molecule has 0 radical (unpaired) electrons. The second kappa shape index (κ2) is 12.0. The number of carbonyl (C=O) groups is 2. The molecule has 1 saturated heterocycles. The lowest BCUT2D eigenvalue weighted by molar-refractivity contribution is -0.134. The first-order valence-electron chi connectivity index (χ1n) is 12.1. The Labute approximate surface area is 198 Å². The average molecular weight is 451 g/mol. The van der Waals surface area contributed by atoms with E-state index in [1.165, 1.54) is 11.3 Å². The van der Waals surface area contributed by atoms with Gasteiger partial charge >= 0.3 is 0 Å². The number of carbonyl (C=O) groups excluding carboxylic acids is 2. The van der Waals surface area contributed by atoms with Crippen LogP contribution in [0.5, 0.6) is 0 Å². The summed E-state index contributed by atoms with van der Waals surface area (Å²) in [6, 6.07) is 18.7. The lowest BCUT2D eigenvalue weighted by Crippen LogP contribution is -2.46. The first-order valence-corrected chi connectivity index (χ1v) is 12.1. The zero-order valence-electron chi connectivity index (χ0n) is 20.3. The number of benzene rings is 2. The summed E-state index contributed by atoms with van der Waals surface area (Å²) in [5.74, 6) is 0.935. The first-order chi connectivity index (χ1) is 15.9. The molecule has 1 amide bonds. The maximum atomic E-state index is 12.5. The summed E-state index contributed by atoms with van der Waals surface area (Å²) in [6.07, 6.45) is 3.53. The molecule has 0 aliphatic carbocycles. The van der Waals surface area contributed by atoms with E-state index in [9.17, 15) is 9.59 Å². The van der Waals surface area contributed by atoms with E-state index in [2.05, 4.69) is 29.6 Å². The number of nitrogens with one attached hydrogen (secondary N) is 1. The largest absolute Gasteiger partial charge is 0.384 e. The molecule has 2 aliphatic heterocycles. The summed E-state index contributed by atoms with van der Waals surface area (Å²) in [4.78, 5) is 24.4. The third kappa shape index (κ3) is 6.67. The molecule has 2 aromatic rings. The number of likely N-dealkylation sites (tertiary alicyclic amines) is 1. The Hall–Kier alpha value is -2.66. The Morgan fingerprint density at radius 3 is 2.36 bits per heavy atom. The Balaban J connectivity index is 0.000000383. The monoisotopic (exact) mass is 450 g/mol. The minimum Gasteiger partial charge on any atom is -0.384 e. The molecule has 2 aromatic carbocycles. The molecular weight excluding hydrogens is 412 g/mol. The van der Waals surface area contributed by atoms with Crippen molar-refractivity contribution < 1.29 is 14.3 Å². The first kappa shape index (κ1) is 25.0. The van der Waals surface area contributed by atoms with Crippen LogP contribution in [0.1, 0.15) is 51.2 Å². The molecule has 5 heteroatoms. The van der Waals surface area contributed by atoms with Gasteiger partial charge in [-0.05, 0) is 36.0 Å². The highest BCUT2D eigenvalue weighted by Gasteiger charge is 2.41. The third-order valence-corrected chi connectivity index (χ3v) is 7.03. The smallest absolute Gasteiger partial charge is 0.224 e. The van der Waals surface area contributed by atoms with Crippen molar-refractivity contribution >= 4 is 17.9 Å². The summed E-state index contributed by atoms with van der Waals surface area (Å²) in [5, 5.41) is 3.54. The molecule has 1 N–H and O–H groups in total. The third-order valence-electron chi connectivity index (χ3n) is 7.03. The summed E-state index contributed by atoms with van der Waals surface area (Å²) >= 11 is 0. The Morgan fingerprint density at radius 2 is 1.73 bits per heavy atom. The SMILES string of the molecule is CC(C)C(C)C=O.O=C(CCOCc1ccccc1)N1CCC2(CC1)CNc1ccccc12. The average Bonchev–Trinajstić information content (AvgIpc) is 3.20. The van der Waals surface area contributed by atoms with Crippen LogP contribution in [-0.2, 0) is 26.3 Å². The Bertz CT molecular complexity index is 889. The number of anilines is 1. The summed E-state index contributed by atoms with van der Waals surface area (Å²) < 4.78 is 5.66. The van der Waals surface area contributed by atoms with Crippen molar-refractivity contribution in [3.63, 3.8) is 0 Å². The molecule has 0 bridgehead atoms. The van der Waals surface area contributed by atoms with Crippen molar-refractivity contribution in [2.75, 3.05) is 31.6 Å². The fourth-order valence-electron chi connectivity index (χ4n) is 4.33. The topological polar surface area (TPSA) is 58.6 Å². The number of rotatable bonds is 7. The number of fused-ring (bicyclic) bond motifs is 2. The number of hydrogen-bond donors (Lipinski definition) is 1. The Kier molecular flexibility index (Phi) is 9.07. The summed E-state index contributed by atoms with van der Waals surface area (Å²) in [6.45, 7) is 9.74. The fourth-order valence-corrected chi connectivity index (χ4v) is 4.33. The molecule has 0 saturated carbocycles. The number of ether oxygens (including phenoxy) is 1. The van der Waals surface area contributed by atoms with E-state index >= 15 is 0 Å². The van der Waals surface area contributed by atoms with Gasteiger partial charge < -0.3 is 19.7 Å². The second-order valence-electron chi connectivity index (χ2n) is 9.59. The van der Waals surface area contributed by atoms with Gasteiger partial charge in [-0.1, -0.05) is 69.3 Å². The minimum absolute atomic E-state index is 0.206. The zero-order valence-corrected chi connectivity index (χ0v) is 20.3. The van der Waals surface area contributed by atoms with Crippen LogP contribution >= 0.6 is 0 Å². The van der Waals surface area contributed by atoms with Crippen LogP contribution < -0.4 is 5.32 Å². The van der Waals surface area contributed by atoms with E-state index in [1.54, 1.807) is 0 Å². The Morgan fingerprint density at radius 1 is 1.06 bits per heavy atom. The molecule has 0 aromatic heterocycles. The maximum absolute atomic E-state index is 12.5. The molecule has 1 spiro atoms. The molecule has 33 heavy (non-hydrogen) atoms. The summed E-state index contributed by atoms with van der Waals surface area (Å²) in [7, 11) is 0. The quantitative estimate of drug-likeness (QED) is 0.473. The van der Waals surface area contributed by atoms with Crippen LogP contribution in [0.3, 0.4) is 0 Å². The van der Waals surface area contributed by atoms with Crippen LogP contribution in [-0.4, -0.2) is 43.3 Å². The van der Waals surface area contributed by atoms with Gasteiger partial charge in [-0.3, -0.25) is 4.79 Å². The van der Waals surface area contributed by atoms with Crippen molar-refractivity contribution in [1.82, 2.24) is 4.90 Å². The van der Waals surface area contributed by atoms with Crippen LogP contribution in [0.15, 0.2) is 54.6 Å². The van der Waals surface area contributed by atoms with Crippen molar-refractivity contribution in [3.8, 4) is 0 Å². The molecule has 1 fully saturated rings. The van der Waals surface area contributed by atoms with Gasteiger partial charge in [-0.25, -0.2) is 0 Å². The molecule has 1 atom stereocenters. The van der Waals surface area contributed by atoms with Gasteiger partial charge in [-0.2, -0.15) is 0 Å². The number of aldehydes is 1. The van der Waals surface area contributed by atoms with Crippen molar-refractivity contribution in [3.05, 3.63) is 65.7 Å². The van der Waals surface area contributed by atoms with Gasteiger partial charge in [-0.15, -0.1) is 0 Å². The molecule has 178 valence electrons. The number of para-hydroxylation sites is 1. The number of piperidine rings is 1. The molecule has 2 heterocycles. The normalized spacial score (nSPS) is 17.0. The molecular formula is C28H38N2O3. The van der Waals surface area contributed by atoms with Gasteiger partial charge in [0.25, 0.3) is 0 Å². The van der Waals surface area contributed by atoms with Gasteiger partial charge in [0.15, 0.2) is 0 Å². The molecule has 5 nitrogen and oxygen atoms in total. The number of nitrogens with zero attached hydrogens (tertiary/aromatic N) is 1. The van der Waals surface area contributed by atoms with E-state index in [0.717, 1.165) is 44.3 Å². The lowest BCUT2D eigenvalue weighted by Gasteiger charge is -2.39. The second-order valence-corrected chi connectivity index (χ2v) is 9.59. The van der Waals surface area contributed by atoms with E-state index in [0.29, 0.717) is 25.6 Å². The van der Waals surface area contributed by atoms with Crippen LogP contribution in [0.4, 0.5) is 5.69 Å². The lowest BCUT2D eigenvalue weighted by atomic mass is 9.74. The number of amides is 1. The van der Waals surface area contributed by atoms with Crippen molar-refractivity contribution in [1.29, 1.82) is 0 Å². The highest BCUT2D eigenvalue weighted by atomic mass is 16.5. The van der Waals surface area contributed by atoms with E-state index in [-0.39, 0.29) is 17.2 Å². The van der Waals surface area contributed by atoms with Crippen molar-refractivity contribution in [2.24, 2.45) is 11.8 Å². The predicted octanol–water partition coefficient (Wildman–Crippen LogP) is 5.06. The van der Waals surface area contributed by atoms with Gasteiger partial charge in [0, 0.05) is 36.7 Å². The summed E-state index contributed by atoms with van der Waals surface area (Å²) in [5.41, 5.74) is 4.05. The predicted molar refractivity (Wildman–Crippen MR) is 133 cm³/mol. The zero-order chi connectivity index (χ0) is 23.7. The van der Waals surface area contributed by atoms with Crippen LogP contribution in [0.2, 0.25) is 0 Å². The molecule has 4 rings (SSSR count). The van der Waals surface area contributed by atoms with Gasteiger partial charge in [0.05, 0.1) is 19.6 Å². The van der Waals surface area contributed by atoms with Crippen LogP contribution in [0.25, 0.3) is 0 Å². The van der Waals surface area contributed by atoms with E-state index in [1.807, 2.05) is 56.0 Å². The minimum atomic E-state index is 0.206. The fraction of sp³-hybridized carbons (Fsp3) is 0.500. The van der Waals surface area contributed by atoms with Crippen LogP contribution in [0, 0.1) is 11.8 Å². The number of hydrogen-bond acceptors (Lipinski definition) is 4. The highest BCUT2D eigenvalue weighted by molar-refractivity contribution is 5.76. The molecule has 2 aliphatic rings.